The summed E-state index contributed by atoms with van der Waals surface area (Å²) < 4.78 is 7.15. The van der Waals surface area contributed by atoms with Crippen LogP contribution in [-0.2, 0) is 11.8 Å². The molecule has 0 unspecified atom stereocenters. The number of methoxy groups -OCH3 is 1. The Hall–Kier alpha value is -3.52. The highest BCUT2D eigenvalue weighted by molar-refractivity contribution is 5.96. The molecule has 2 N–H and O–H groups in total. The van der Waals surface area contributed by atoms with E-state index in [2.05, 4.69) is 4.90 Å². The van der Waals surface area contributed by atoms with E-state index in [-0.39, 0.29) is 5.56 Å². The number of piperazine rings is 1. The van der Waals surface area contributed by atoms with Crippen LogP contribution in [0.1, 0.15) is 22.0 Å². The van der Waals surface area contributed by atoms with Crippen LogP contribution in [0, 0.1) is 0 Å². The number of aromatic nitrogens is 1. The third-order valence-electron chi connectivity index (χ3n) is 5.89. The molecular formula is C23H25N3O5. The van der Waals surface area contributed by atoms with E-state index < -0.39 is 18.0 Å². The largest absolute Gasteiger partial charge is 0.497 e. The topological polar surface area (TPSA) is 95.2 Å². The Bertz CT molecular complexity index is 1130. The number of benzene rings is 2. The van der Waals surface area contributed by atoms with E-state index in [1.54, 1.807) is 25.4 Å². The van der Waals surface area contributed by atoms with Crippen LogP contribution in [0.5, 0.6) is 5.75 Å². The molecule has 0 bridgehead atoms. The number of ether oxygens (including phenoxy) is 1. The van der Waals surface area contributed by atoms with Gasteiger partial charge in [0.15, 0.2) is 0 Å². The second-order valence-corrected chi connectivity index (χ2v) is 7.70. The lowest BCUT2D eigenvalue weighted by Crippen LogP contribution is -2.49. The molecule has 2 heterocycles. The Morgan fingerprint density at radius 1 is 1.03 bits per heavy atom. The maximum Gasteiger partial charge on any atom is 0.335 e. The number of hydrogen-bond acceptors (Lipinski definition) is 5. The first-order chi connectivity index (χ1) is 14.9. The summed E-state index contributed by atoms with van der Waals surface area (Å²) in [7, 11) is 3.47. The van der Waals surface area contributed by atoms with Crippen molar-refractivity contribution in [1.82, 2.24) is 9.47 Å². The quantitative estimate of drug-likeness (QED) is 0.629. The van der Waals surface area contributed by atoms with E-state index in [4.69, 9.17) is 4.74 Å². The molecule has 0 amide bonds. The SMILES string of the molecule is COc1cccc(N2CCN([C@@H](C(=O)O)c3cn(C)c4ccc(C(=O)O)cc34)CC2)c1. The number of anilines is 1. The zero-order valence-electron chi connectivity index (χ0n) is 17.5. The molecule has 1 fully saturated rings. The Morgan fingerprint density at radius 2 is 1.77 bits per heavy atom. The van der Waals surface area contributed by atoms with Crippen molar-refractivity contribution in [2.24, 2.45) is 7.05 Å². The third-order valence-corrected chi connectivity index (χ3v) is 5.89. The molecule has 1 saturated heterocycles. The van der Waals surface area contributed by atoms with Gasteiger partial charge in [-0.05, 0) is 30.3 Å². The number of fused-ring (bicyclic) bond motifs is 1. The Labute approximate surface area is 179 Å². The highest BCUT2D eigenvalue weighted by Crippen LogP contribution is 2.32. The van der Waals surface area contributed by atoms with Gasteiger partial charge in [-0.3, -0.25) is 9.69 Å². The predicted molar refractivity (Wildman–Crippen MR) is 117 cm³/mol. The fourth-order valence-electron chi connectivity index (χ4n) is 4.30. The molecule has 1 aromatic heterocycles. The molecule has 0 aliphatic carbocycles. The lowest BCUT2D eigenvalue weighted by molar-refractivity contribution is -0.143. The van der Waals surface area contributed by atoms with E-state index >= 15 is 0 Å². The molecule has 2 aromatic carbocycles. The second-order valence-electron chi connectivity index (χ2n) is 7.70. The van der Waals surface area contributed by atoms with Crippen molar-refractivity contribution in [3.63, 3.8) is 0 Å². The predicted octanol–water partition coefficient (Wildman–Crippen LogP) is 2.83. The monoisotopic (exact) mass is 423 g/mol. The van der Waals surface area contributed by atoms with Gasteiger partial charge in [-0.1, -0.05) is 6.07 Å². The van der Waals surface area contributed by atoms with E-state index in [9.17, 15) is 19.8 Å². The van der Waals surface area contributed by atoms with Gasteiger partial charge in [0, 0.05) is 67.6 Å². The number of nitrogens with zero attached hydrogens (tertiary/aromatic N) is 3. The van der Waals surface area contributed by atoms with Crippen LogP contribution >= 0.6 is 0 Å². The number of rotatable bonds is 6. The van der Waals surface area contributed by atoms with Gasteiger partial charge >= 0.3 is 11.9 Å². The summed E-state index contributed by atoms with van der Waals surface area (Å²) in [6.45, 7) is 2.51. The van der Waals surface area contributed by atoms with Gasteiger partial charge in [-0.15, -0.1) is 0 Å². The van der Waals surface area contributed by atoms with Crippen LogP contribution in [0.2, 0.25) is 0 Å². The minimum Gasteiger partial charge on any atom is -0.497 e. The van der Waals surface area contributed by atoms with E-state index in [0.29, 0.717) is 37.1 Å². The van der Waals surface area contributed by atoms with Crippen LogP contribution < -0.4 is 9.64 Å². The molecule has 8 nitrogen and oxygen atoms in total. The summed E-state index contributed by atoms with van der Waals surface area (Å²) >= 11 is 0. The van der Waals surface area contributed by atoms with Gasteiger partial charge in [0.25, 0.3) is 0 Å². The van der Waals surface area contributed by atoms with Gasteiger partial charge in [-0.2, -0.15) is 0 Å². The number of hydrogen-bond donors (Lipinski definition) is 2. The lowest BCUT2D eigenvalue weighted by atomic mass is 10.0. The van der Waals surface area contributed by atoms with Crippen LogP contribution in [-0.4, -0.2) is 64.9 Å². The zero-order valence-corrected chi connectivity index (χ0v) is 17.5. The zero-order chi connectivity index (χ0) is 22.1. The molecule has 31 heavy (non-hydrogen) atoms. The standard InChI is InChI=1S/C23H25N3O5/c1-24-14-19(18-12-15(22(27)28)6-7-20(18)24)21(23(29)30)26-10-8-25(9-11-26)16-4-3-5-17(13-16)31-2/h3-7,12-14,21H,8-11H2,1-2H3,(H,27,28)(H,29,30)/t21-/m1/s1. The molecule has 0 saturated carbocycles. The van der Waals surface area contributed by atoms with Crippen molar-refractivity contribution in [3.05, 3.63) is 59.8 Å². The van der Waals surface area contributed by atoms with E-state index in [0.717, 1.165) is 17.0 Å². The van der Waals surface area contributed by atoms with Gasteiger partial charge in [0.05, 0.1) is 12.7 Å². The summed E-state index contributed by atoms with van der Waals surface area (Å²) in [5, 5.41) is 20.1. The summed E-state index contributed by atoms with van der Waals surface area (Å²) in [6, 6.07) is 11.8. The van der Waals surface area contributed by atoms with Gasteiger partial charge in [-0.25, -0.2) is 4.79 Å². The van der Waals surface area contributed by atoms with Crippen LogP contribution in [0.15, 0.2) is 48.7 Å². The Morgan fingerprint density at radius 3 is 2.42 bits per heavy atom. The smallest absolute Gasteiger partial charge is 0.335 e. The van der Waals surface area contributed by atoms with Crippen molar-refractivity contribution < 1.29 is 24.5 Å². The number of carbonyl (C=O) groups is 2. The molecule has 1 aliphatic heterocycles. The highest BCUT2D eigenvalue weighted by Gasteiger charge is 2.33. The van der Waals surface area contributed by atoms with E-state index in [1.807, 2.05) is 40.8 Å². The van der Waals surface area contributed by atoms with Gasteiger partial charge < -0.3 is 24.4 Å². The minimum absolute atomic E-state index is 0.145. The first-order valence-corrected chi connectivity index (χ1v) is 10.1. The number of carboxylic acid groups (broad SMARTS) is 2. The molecular weight excluding hydrogens is 398 g/mol. The number of aryl methyl sites for hydroxylation is 1. The molecule has 4 rings (SSSR count). The molecule has 0 radical (unpaired) electrons. The van der Waals surface area contributed by atoms with Crippen molar-refractivity contribution >= 4 is 28.5 Å². The van der Waals surface area contributed by atoms with Crippen molar-refractivity contribution in [3.8, 4) is 5.75 Å². The number of aliphatic carboxylic acids is 1. The van der Waals surface area contributed by atoms with E-state index in [1.165, 1.54) is 6.07 Å². The molecule has 8 heteroatoms. The fourth-order valence-corrected chi connectivity index (χ4v) is 4.30. The molecule has 1 aliphatic rings. The molecule has 1 atom stereocenters. The van der Waals surface area contributed by atoms with Crippen LogP contribution in [0.3, 0.4) is 0 Å². The summed E-state index contributed by atoms with van der Waals surface area (Å²) in [6.07, 6.45) is 1.80. The maximum absolute atomic E-state index is 12.3. The normalized spacial score (nSPS) is 15.7. The Balaban J connectivity index is 1.61. The van der Waals surface area contributed by atoms with Crippen LogP contribution in [0.4, 0.5) is 5.69 Å². The third kappa shape index (κ3) is 3.94. The average molecular weight is 423 g/mol. The summed E-state index contributed by atoms with van der Waals surface area (Å²) in [5.74, 6) is -1.19. The number of carboxylic acids is 2. The number of aromatic carboxylic acids is 1. The minimum atomic E-state index is -1.03. The van der Waals surface area contributed by atoms with Gasteiger partial charge in [0.1, 0.15) is 11.8 Å². The lowest BCUT2D eigenvalue weighted by Gasteiger charge is -2.38. The van der Waals surface area contributed by atoms with Gasteiger partial charge in [0.2, 0.25) is 0 Å². The first kappa shape index (κ1) is 20.7. The fraction of sp³-hybridized carbons (Fsp3) is 0.304. The molecule has 3 aromatic rings. The summed E-state index contributed by atoms with van der Waals surface area (Å²) in [4.78, 5) is 27.9. The maximum atomic E-state index is 12.3. The molecule has 162 valence electrons. The average Bonchev–Trinajstić information content (AvgIpc) is 3.09. The van der Waals surface area contributed by atoms with Crippen molar-refractivity contribution in [2.75, 3.05) is 38.2 Å². The van der Waals surface area contributed by atoms with Crippen molar-refractivity contribution in [2.45, 2.75) is 6.04 Å². The first-order valence-electron chi connectivity index (χ1n) is 10.1. The Kier molecular flexibility index (Phi) is 5.56. The second kappa shape index (κ2) is 8.31. The van der Waals surface area contributed by atoms with Crippen molar-refractivity contribution in [1.29, 1.82) is 0 Å². The van der Waals surface area contributed by atoms with Crippen LogP contribution in [0.25, 0.3) is 10.9 Å². The molecule has 0 spiro atoms. The summed E-state index contributed by atoms with van der Waals surface area (Å²) in [5.41, 5.74) is 2.61. The highest BCUT2D eigenvalue weighted by atomic mass is 16.5.